The van der Waals surface area contributed by atoms with E-state index in [1.807, 2.05) is 18.2 Å². The smallest absolute Gasteiger partial charge is 0.305 e. The zero-order valence-electron chi connectivity index (χ0n) is 10.8. The van der Waals surface area contributed by atoms with Crippen LogP contribution in [0, 0.1) is 0 Å². The summed E-state index contributed by atoms with van der Waals surface area (Å²) >= 11 is 6.07. The summed E-state index contributed by atoms with van der Waals surface area (Å²) in [6.07, 6.45) is 0.866. The van der Waals surface area contributed by atoms with E-state index in [1.165, 1.54) is 7.11 Å². The molecule has 0 N–H and O–H groups in total. The first-order valence-corrected chi connectivity index (χ1v) is 6.22. The van der Waals surface area contributed by atoms with E-state index in [0.29, 0.717) is 23.6 Å². The summed E-state index contributed by atoms with van der Waals surface area (Å²) in [6.45, 7) is 0. The molecule has 0 fully saturated rings. The molecule has 0 saturated heterocycles. The largest absolute Gasteiger partial charge is 0.495 e. The molecule has 0 radical (unpaired) electrons. The van der Waals surface area contributed by atoms with Crippen molar-refractivity contribution < 1.29 is 14.3 Å². The Balaban J connectivity index is 2.27. The molecule has 5 heteroatoms. The number of carbonyl (C=O) groups is 1. The van der Waals surface area contributed by atoms with E-state index in [4.69, 9.17) is 16.3 Å². The van der Waals surface area contributed by atoms with Crippen LogP contribution in [0.1, 0.15) is 12.1 Å². The van der Waals surface area contributed by atoms with Crippen molar-refractivity contribution in [3.8, 4) is 5.75 Å². The van der Waals surface area contributed by atoms with Crippen LogP contribution >= 0.6 is 11.6 Å². The molecular formula is C14H14ClNO3. The van der Waals surface area contributed by atoms with Gasteiger partial charge in [-0.3, -0.25) is 9.78 Å². The average molecular weight is 280 g/mol. The Morgan fingerprint density at radius 1 is 1.32 bits per heavy atom. The number of hydrogen-bond acceptors (Lipinski definition) is 4. The molecule has 1 aromatic carbocycles. The van der Waals surface area contributed by atoms with Crippen LogP contribution in [0.25, 0.3) is 10.9 Å². The minimum Gasteiger partial charge on any atom is -0.495 e. The molecule has 0 atom stereocenters. The lowest BCUT2D eigenvalue weighted by Crippen LogP contribution is -2.03. The van der Waals surface area contributed by atoms with Gasteiger partial charge >= 0.3 is 5.97 Å². The number of fused-ring (bicyclic) bond motifs is 1. The molecule has 0 aliphatic heterocycles. The number of aryl methyl sites for hydroxylation is 1. The lowest BCUT2D eigenvalue weighted by Gasteiger charge is -2.06. The third kappa shape index (κ3) is 3.15. The minimum atomic E-state index is -0.241. The highest BCUT2D eigenvalue weighted by molar-refractivity contribution is 6.32. The third-order valence-corrected chi connectivity index (χ3v) is 3.13. The summed E-state index contributed by atoms with van der Waals surface area (Å²) < 4.78 is 9.76. The van der Waals surface area contributed by atoms with Crippen LogP contribution in [0.3, 0.4) is 0 Å². The molecule has 0 spiro atoms. The first-order valence-electron chi connectivity index (χ1n) is 5.84. The van der Waals surface area contributed by atoms with Gasteiger partial charge < -0.3 is 9.47 Å². The van der Waals surface area contributed by atoms with E-state index in [0.717, 1.165) is 16.6 Å². The van der Waals surface area contributed by atoms with Gasteiger partial charge in [0.2, 0.25) is 0 Å². The predicted octanol–water partition coefficient (Wildman–Crippen LogP) is 3.00. The van der Waals surface area contributed by atoms with Crippen molar-refractivity contribution in [1.29, 1.82) is 0 Å². The van der Waals surface area contributed by atoms with Gasteiger partial charge in [-0.25, -0.2) is 0 Å². The predicted molar refractivity (Wildman–Crippen MR) is 73.6 cm³/mol. The second kappa shape index (κ2) is 5.89. The van der Waals surface area contributed by atoms with Gasteiger partial charge in [-0.15, -0.1) is 0 Å². The fourth-order valence-corrected chi connectivity index (χ4v) is 2.03. The van der Waals surface area contributed by atoms with Crippen molar-refractivity contribution >= 4 is 28.5 Å². The van der Waals surface area contributed by atoms with Gasteiger partial charge in [-0.05, 0) is 18.2 Å². The summed E-state index contributed by atoms with van der Waals surface area (Å²) in [5.41, 5.74) is 1.62. The number of carbonyl (C=O) groups excluding carboxylic acids is 1. The lowest BCUT2D eigenvalue weighted by molar-refractivity contribution is -0.140. The quantitative estimate of drug-likeness (QED) is 0.807. The zero-order chi connectivity index (χ0) is 13.8. The Labute approximate surface area is 116 Å². The third-order valence-electron chi connectivity index (χ3n) is 2.83. The number of benzene rings is 1. The number of methoxy groups -OCH3 is 2. The topological polar surface area (TPSA) is 48.4 Å². The van der Waals surface area contributed by atoms with Crippen LogP contribution in [0.15, 0.2) is 24.3 Å². The second-order valence-corrected chi connectivity index (χ2v) is 4.47. The number of rotatable bonds is 4. The van der Waals surface area contributed by atoms with E-state index in [-0.39, 0.29) is 5.97 Å². The summed E-state index contributed by atoms with van der Waals surface area (Å²) in [6, 6.07) is 7.43. The summed E-state index contributed by atoms with van der Waals surface area (Å²) in [7, 11) is 2.95. The molecule has 0 bridgehead atoms. The molecule has 4 nitrogen and oxygen atoms in total. The fraction of sp³-hybridized carbons (Fsp3) is 0.286. The maximum Gasteiger partial charge on any atom is 0.305 e. The van der Waals surface area contributed by atoms with Crippen LogP contribution in [-0.2, 0) is 16.0 Å². The Kier molecular flexibility index (Phi) is 4.22. The first-order chi connectivity index (χ1) is 9.13. The number of nitrogens with zero attached hydrogens (tertiary/aromatic N) is 1. The van der Waals surface area contributed by atoms with Crippen molar-refractivity contribution in [2.45, 2.75) is 12.8 Å². The van der Waals surface area contributed by atoms with Crippen LogP contribution in [-0.4, -0.2) is 25.2 Å². The Bertz CT molecular complexity index is 613. The molecular weight excluding hydrogens is 266 g/mol. The van der Waals surface area contributed by atoms with E-state index in [1.54, 1.807) is 13.2 Å². The molecule has 2 rings (SSSR count). The Morgan fingerprint density at radius 2 is 2.11 bits per heavy atom. The SMILES string of the molecule is COC(=O)CCc1ccc2cc(OC)c(Cl)cc2n1. The standard InChI is InChI=1S/C14H14ClNO3/c1-18-13-7-9-3-4-10(5-6-14(17)19-2)16-12(9)8-11(13)15/h3-4,7-8H,5-6H2,1-2H3. The number of ether oxygens (including phenoxy) is 2. The van der Waals surface area contributed by atoms with Gasteiger partial charge in [0.05, 0.1) is 31.2 Å². The molecule has 0 amide bonds. The highest BCUT2D eigenvalue weighted by atomic mass is 35.5. The van der Waals surface area contributed by atoms with Crippen molar-refractivity contribution in [3.63, 3.8) is 0 Å². The average Bonchev–Trinajstić information content (AvgIpc) is 2.43. The zero-order valence-corrected chi connectivity index (χ0v) is 11.5. The lowest BCUT2D eigenvalue weighted by atomic mass is 10.1. The van der Waals surface area contributed by atoms with Crippen LogP contribution in [0.2, 0.25) is 5.02 Å². The van der Waals surface area contributed by atoms with Crippen LogP contribution in [0.4, 0.5) is 0 Å². The van der Waals surface area contributed by atoms with Crippen LogP contribution < -0.4 is 4.74 Å². The number of esters is 1. The first kappa shape index (κ1) is 13.6. The molecule has 2 aromatic rings. The minimum absolute atomic E-state index is 0.241. The van der Waals surface area contributed by atoms with Gasteiger partial charge in [-0.1, -0.05) is 17.7 Å². The molecule has 0 aliphatic rings. The molecule has 0 aliphatic carbocycles. The van der Waals surface area contributed by atoms with E-state index in [9.17, 15) is 4.79 Å². The molecule has 0 unspecified atom stereocenters. The molecule has 19 heavy (non-hydrogen) atoms. The van der Waals surface area contributed by atoms with Crippen molar-refractivity contribution in [3.05, 3.63) is 35.0 Å². The van der Waals surface area contributed by atoms with Gasteiger partial charge in [0.15, 0.2) is 0 Å². The van der Waals surface area contributed by atoms with Gasteiger partial charge in [0, 0.05) is 17.5 Å². The highest BCUT2D eigenvalue weighted by Crippen LogP contribution is 2.29. The summed E-state index contributed by atoms with van der Waals surface area (Å²) in [5.74, 6) is 0.382. The van der Waals surface area contributed by atoms with Gasteiger partial charge in [0.25, 0.3) is 0 Å². The molecule has 0 saturated carbocycles. The maximum absolute atomic E-state index is 11.1. The number of aromatic nitrogens is 1. The van der Waals surface area contributed by atoms with Gasteiger partial charge in [-0.2, -0.15) is 0 Å². The highest BCUT2D eigenvalue weighted by Gasteiger charge is 2.07. The summed E-state index contributed by atoms with van der Waals surface area (Å²) in [4.78, 5) is 15.6. The number of halogens is 1. The van der Waals surface area contributed by atoms with E-state index >= 15 is 0 Å². The normalized spacial score (nSPS) is 10.5. The molecule has 100 valence electrons. The maximum atomic E-state index is 11.1. The Hall–Kier alpha value is -1.81. The van der Waals surface area contributed by atoms with Crippen molar-refractivity contribution in [2.24, 2.45) is 0 Å². The van der Waals surface area contributed by atoms with Crippen molar-refractivity contribution in [2.75, 3.05) is 14.2 Å². The van der Waals surface area contributed by atoms with E-state index in [2.05, 4.69) is 9.72 Å². The molecule has 1 aromatic heterocycles. The number of pyridine rings is 1. The summed E-state index contributed by atoms with van der Waals surface area (Å²) in [5, 5.41) is 1.47. The van der Waals surface area contributed by atoms with Crippen LogP contribution in [0.5, 0.6) is 5.75 Å². The van der Waals surface area contributed by atoms with Crippen molar-refractivity contribution in [1.82, 2.24) is 4.98 Å². The van der Waals surface area contributed by atoms with Gasteiger partial charge in [0.1, 0.15) is 5.75 Å². The Morgan fingerprint density at radius 3 is 2.79 bits per heavy atom. The monoisotopic (exact) mass is 279 g/mol. The van der Waals surface area contributed by atoms with E-state index < -0.39 is 0 Å². The fourth-order valence-electron chi connectivity index (χ4n) is 1.79. The molecule has 1 heterocycles. The second-order valence-electron chi connectivity index (χ2n) is 4.06. The number of hydrogen-bond donors (Lipinski definition) is 0.